The predicted molar refractivity (Wildman–Crippen MR) is 65.8 cm³/mol. The van der Waals surface area contributed by atoms with Crippen LogP contribution in [0, 0.1) is 12.3 Å². The first-order valence-corrected chi connectivity index (χ1v) is 6.27. The highest BCUT2D eigenvalue weighted by atomic mass is 127. The molecule has 0 spiro atoms. The maximum atomic E-state index is 8.99. The zero-order valence-corrected chi connectivity index (χ0v) is 10.3. The van der Waals surface area contributed by atoms with E-state index in [1.54, 1.807) is 0 Å². The first kappa shape index (κ1) is 13.2. The van der Waals surface area contributed by atoms with Gasteiger partial charge in [0.25, 0.3) is 0 Å². The second-order valence-corrected chi connectivity index (χ2v) is 4.74. The van der Waals surface area contributed by atoms with Crippen molar-refractivity contribution in [1.82, 2.24) is 0 Å². The minimum Gasteiger partial charge on any atom is -0.383 e. The molecule has 0 rings (SSSR count). The van der Waals surface area contributed by atoms with Crippen LogP contribution in [0.3, 0.4) is 0 Å². The monoisotopic (exact) mass is 294 g/mol. The highest BCUT2D eigenvalue weighted by Gasteiger charge is 1.96. The van der Waals surface area contributed by atoms with Gasteiger partial charge in [0.2, 0.25) is 0 Å². The van der Waals surface area contributed by atoms with Crippen LogP contribution in [-0.4, -0.2) is 9.22 Å². The topological polar surface area (TPSA) is 20.2 Å². The summed E-state index contributed by atoms with van der Waals surface area (Å²) in [5, 5.41) is 8.99. The number of rotatable bonds is 8. The molecule has 0 heterocycles. The van der Waals surface area contributed by atoms with Gasteiger partial charge in [0.15, 0.2) is 0 Å². The fourth-order valence-electron chi connectivity index (χ4n) is 1.25. The average molecular weight is 294 g/mol. The lowest BCUT2D eigenvalue weighted by Gasteiger charge is -2.02. The molecule has 0 saturated carbocycles. The maximum Gasteiger partial charge on any atom is 0.105 e. The Kier molecular flexibility index (Phi) is 10.5. The van der Waals surface area contributed by atoms with E-state index in [1.807, 2.05) is 0 Å². The molecule has 0 bridgehead atoms. The van der Waals surface area contributed by atoms with Crippen molar-refractivity contribution in [2.24, 2.45) is 0 Å². The number of aliphatic hydroxyl groups excluding tert-OH is 1. The molecule has 0 aliphatic heterocycles. The highest BCUT2D eigenvalue weighted by Crippen LogP contribution is 2.11. The number of aliphatic hydroxyl groups is 1. The third kappa shape index (κ3) is 12.2. The average Bonchev–Trinajstić information content (AvgIpc) is 2.09. The van der Waals surface area contributed by atoms with E-state index in [-0.39, 0.29) is 4.11 Å². The van der Waals surface area contributed by atoms with Crippen LogP contribution in [0.1, 0.15) is 51.4 Å². The van der Waals surface area contributed by atoms with E-state index in [0.717, 1.165) is 19.3 Å². The van der Waals surface area contributed by atoms with Crippen LogP contribution in [0.2, 0.25) is 0 Å². The van der Waals surface area contributed by atoms with E-state index < -0.39 is 0 Å². The molecule has 13 heavy (non-hydrogen) atoms. The van der Waals surface area contributed by atoms with Gasteiger partial charge in [-0.05, 0) is 12.8 Å². The molecule has 0 aromatic heterocycles. The molecule has 0 aliphatic carbocycles. The fraction of sp³-hybridized carbons (Fsp3) is 0.818. The van der Waals surface area contributed by atoms with Crippen molar-refractivity contribution in [2.75, 3.05) is 0 Å². The van der Waals surface area contributed by atoms with Crippen molar-refractivity contribution in [3.63, 3.8) is 0 Å². The molecule has 1 unspecified atom stereocenters. The lowest BCUT2D eigenvalue weighted by atomic mass is 10.1. The molecule has 0 aromatic rings. The molecule has 76 valence electrons. The van der Waals surface area contributed by atoms with Crippen molar-refractivity contribution in [3.05, 3.63) is 0 Å². The van der Waals surface area contributed by atoms with Crippen molar-refractivity contribution in [3.8, 4) is 12.3 Å². The van der Waals surface area contributed by atoms with E-state index >= 15 is 0 Å². The van der Waals surface area contributed by atoms with Crippen LogP contribution in [0.5, 0.6) is 0 Å². The Bertz CT molecular complexity index is 138. The van der Waals surface area contributed by atoms with E-state index in [1.165, 1.54) is 32.1 Å². The summed E-state index contributed by atoms with van der Waals surface area (Å²) in [5.41, 5.74) is 0. The van der Waals surface area contributed by atoms with Gasteiger partial charge >= 0.3 is 0 Å². The standard InChI is InChI=1S/C11H19IO/c1-2-3-4-5-6-7-8-9-10-11(12)13/h1,11,13H,3-10H2. The van der Waals surface area contributed by atoms with E-state index in [9.17, 15) is 0 Å². The zero-order valence-electron chi connectivity index (χ0n) is 8.14. The third-order valence-corrected chi connectivity index (χ3v) is 2.64. The smallest absolute Gasteiger partial charge is 0.105 e. The number of halogens is 1. The molecule has 0 fully saturated rings. The third-order valence-electron chi connectivity index (χ3n) is 2.01. The Morgan fingerprint density at radius 1 is 1.08 bits per heavy atom. The van der Waals surface area contributed by atoms with Crippen LogP contribution >= 0.6 is 22.6 Å². The molecule has 1 N–H and O–H groups in total. The number of alkyl halides is 1. The molecule has 1 atom stereocenters. The minimum absolute atomic E-state index is 0.154. The van der Waals surface area contributed by atoms with Crippen LogP contribution in [-0.2, 0) is 0 Å². The summed E-state index contributed by atoms with van der Waals surface area (Å²) in [6, 6.07) is 0. The number of terminal acetylenes is 1. The predicted octanol–water partition coefficient (Wildman–Crippen LogP) is 3.49. The summed E-state index contributed by atoms with van der Waals surface area (Å²) in [5.74, 6) is 2.65. The Morgan fingerprint density at radius 3 is 2.15 bits per heavy atom. The normalized spacial score (nSPS) is 12.4. The van der Waals surface area contributed by atoms with Crippen molar-refractivity contribution < 1.29 is 5.11 Å². The number of hydrogen-bond acceptors (Lipinski definition) is 1. The summed E-state index contributed by atoms with van der Waals surface area (Å²) in [4.78, 5) is 0. The summed E-state index contributed by atoms with van der Waals surface area (Å²) < 4.78 is -0.154. The largest absolute Gasteiger partial charge is 0.383 e. The summed E-state index contributed by atoms with van der Waals surface area (Å²) in [6.07, 6.45) is 14.4. The van der Waals surface area contributed by atoms with Gasteiger partial charge in [-0.25, -0.2) is 0 Å². The first-order valence-electron chi connectivity index (χ1n) is 5.03. The summed E-state index contributed by atoms with van der Waals surface area (Å²) >= 11 is 2.06. The Morgan fingerprint density at radius 2 is 1.62 bits per heavy atom. The Hall–Kier alpha value is 0.250. The second-order valence-electron chi connectivity index (χ2n) is 3.30. The van der Waals surface area contributed by atoms with Gasteiger partial charge in [-0.15, -0.1) is 12.3 Å². The highest BCUT2D eigenvalue weighted by molar-refractivity contribution is 14.1. The fourth-order valence-corrected chi connectivity index (χ4v) is 1.69. The SMILES string of the molecule is C#CCCCCCCCCC(O)I. The van der Waals surface area contributed by atoms with Crippen LogP contribution < -0.4 is 0 Å². The van der Waals surface area contributed by atoms with Crippen LogP contribution in [0.25, 0.3) is 0 Å². The van der Waals surface area contributed by atoms with Crippen molar-refractivity contribution in [1.29, 1.82) is 0 Å². The van der Waals surface area contributed by atoms with Crippen LogP contribution in [0.15, 0.2) is 0 Å². The molecular formula is C11H19IO. The van der Waals surface area contributed by atoms with Gasteiger partial charge in [0.05, 0.1) is 0 Å². The Balaban J connectivity index is 2.88. The molecule has 0 radical (unpaired) electrons. The maximum absolute atomic E-state index is 8.99. The Labute approximate surface area is 95.4 Å². The van der Waals surface area contributed by atoms with Gasteiger partial charge in [-0.3, -0.25) is 0 Å². The van der Waals surface area contributed by atoms with Gasteiger partial charge in [-0.1, -0.05) is 54.7 Å². The minimum atomic E-state index is -0.154. The van der Waals surface area contributed by atoms with Crippen molar-refractivity contribution in [2.45, 2.75) is 55.5 Å². The lowest BCUT2D eigenvalue weighted by molar-refractivity contribution is 0.263. The molecule has 0 saturated heterocycles. The van der Waals surface area contributed by atoms with Crippen molar-refractivity contribution >= 4 is 22.6 Å². The number of hydrogen-bond donors (Lipinski definition) is 1. The molecular weight excluding hydrogens is 275 g/mol. The molecule has 0 aliphatic rings. The zero-order chi connectivity index (χ0) is 9.94. The van der Waals surface area contributed by atoms with E-state index in [4.69, 9.17) is 11.5 Å². The van der Waals surface area contributed by atoms with E-state index in [0.29, 0.717) is 0 Å². The van der Waals surface area contributed by atoms with E-state index in [2.05, 4.69) is 28.5 Å². The second kappa shape index (κ2) is 10.3. The first-order chi connectivity index (χ1) is 6.27. The van der Waals surface area contributed by atoms with Gasteiger partial charge < -0.3 is 5.11 Å². The van der Waals surface area contributed by atoms with Gasteiger partial charge in [0.1, 0.15) is 4.11 Å². The summed E-state index contributed by atoms with van der Waals surface area (Å²) in [6.45, 7) is 0. The lowest BCUT2D eigenvalue weighted by Crippen LogP contribution is -1.93. The van der Waals surface area contributed by atoms with Gasteiger partial charge in [0, 0.05) is 6.42 Å². The van der Waals surface area contributed by atoms with Crippen LogP contribution in [0.4, 0.5) is 0 Å². The van der Waals surface area contributed by atoms with Gasteiger partial charge in [-0.2, -0.15) is 0 Å². The molecule has 1 nitrogen and oxygen atoms in total. The molecule has 2 heteroatoms. The summed E-state index contributed by atoms with van der Waals surface area (Å²) in [7, 11) is 0. The molecule has 0 amide bonds. The quantitative estimate of drug-likeness (QED) is 0.314. The number of unbranched alkanes of at least 4 members (excludes halogenated alkanes) is 6. The molecule has 0 aromatic carbocycles.